The van der Waals surface area contributed by atoms with Gasteiger partial charge in [-0.05, 0) is 13.3 Å². The number of nitrogens with one attached hydrogen (secondary N) is 1. The van der Waals surface area contributed by atoms with Crippen molar-refractivity contribution in [1.82, 2.24) is 5.43 Å². The lowest BCUT2D eigenvalue weighted by molar-refractivity contribution is 0.152. The molecule has 0 heterocycles. The lowest BCUT2D eigenvalue weighted by Crippen LogP contribution is -2.24. The van der Waals surface area contributed by atoms with Crippen molar-refractivity contribution in [3.05, 3.63) is 35.9 Å². The fraction of sp³-hybridized carbons (Fsp3) is 0.357. The van der Waals surface area contributed by atoms with E-state index in [-0.39, 0.29) is 0 Å². The number of amides is 1. The van der Waals surface area contributed by atoms with Crippen LogP contribution in [0.25, 0.3) is 0 Å². The normalized spacial score (nSPS) is 12.2. The second kappa shape index (κ2) is 8.02. The minimum Gasteiger partial charge on any atom is -0.449 e. The van der Waals surface area contributed by atoms with E-state index in [1.54, 1.807) is 14.0 Å². The van der Waals surface area contributed by atoms with Gasteiger partial charge in [-0.25, -0.2) is 10.2 Å². The molecule has 0 saturated carbocycles. The van der Waals surface area contributed by atoms with Gasteiger partial charge in [-0.3, -0.25) is 4.99 Å². The molecule has 5 nitrogen and oxygen atoms in total. The second-order valence-corrected chi connectivity index (χ2v) is 3.68. The average molecular weight is 261 g/mol. The molecule has 0 unspecified atom stereocenters. The zero-order valence-corrected chi connectivity index (χ0v) is 11.5. The van der Waals surface area contributed by atoms with Gasteiger partial charge in [-0.2, -0.15) is 5.10 Å². The van der Waals surface area contributed by atoms with E-state index in [9.17, 15) is 4.79 Å². The first-order chi connectivity index (χ1) is 9.22. The molecule has 1 N–H and O–H groups in total. The predicted molar refractivity (Wildman–Crippen MR) is 76.8 cm³/mol. The molecule has 1 rings (SSSR count). The molecule has 0 bridgehead atoms. The first-order valence-corrected chi connectivity index (χ1v) is 6.24. The molecule has 0 spiro atoms. The third-order valence-electron chi connectivity index (χ3n) is 2.44. The van der Waals surface area contributed by atoms with E-state index in [2.05, 4.69) is 15.5 Å². The number of hydrazone groups is 1. The van der Waals surface area contributed by atoms with Crippen LogP contribution >= 0.6 is 0 Å². The summed E-state index contributed by atoms with van der Waals surface area (Å²) in [5.74, 6) is 0. The predicted octanol–water partition coefficient (Wildman–Crippen LogP) is 2.62. The summed E-state index contributed by atoms with van der Waals surface area (Å²) in [5, 5.41) is 4.07. The average Bonchev–Trinajstić information content (AvgIpc) is 2.44. The van der Waals surface area contributed by atoms with Crippen LogP contribution in [0.1, 0.15) is 25.8 Å². The molecule has 5 heteroatoms. The molecule has 19 heavy (non-hydrogen) atoms. The quantitative estimate of drug-likeness (QED) is 0.654. The fourth-order valence-electron chi connectivity index (χ4n) is 1.60. The smallest absolute Gasteiger partial charge is 0.427 e. The second-order valence-electron chi connectivity index (χ2n) is 3.68. The van der Waals surface area contributed by atoms with Crippen molar-refractivity contribution < 1.29 is 9.53 Å². The Morgan fingerprint density at radius 2 is 1.95 bits per heavy atom. The SMILES string of the molecule is CCOC(=O)N/N=C(\CC)C(=NC)c1ccccc1. The van der Waals surface area contributed by atoms with Gasteiger partial charge in [0.2, 0.25) is 0 Å². The van der Waals surface area contributed by atoms with Crippen LogP contribution in [0.4, 0.5) is 4.79 Å². The Bertz CT molecular complexity index is 467. The van der Waals surface area contributed by atoms with Crippen molar-refractivity contribution in [3.63, 3.8) is 0 Å². The van der Waals surface area contributed by atoms with Gasteiger partial charge in [-0.15, -0.1) is 0 Å². The number of carbonyl (C=O) groups excluding carboxylic acids is 1. The maximum Gasteiger partial charge on any atom is 0.427 e. The number of carbonyl (C=O) groups is 1. The van der Waals surface area contributed by atoms with Crippen molar-refractivity contribution in [1.29, 1.82) is 0 Å². The number of nitrogens with zero attached hydrogens (tertiary/aromatic N) is 2. The molecule has 102 valence electrons. The summed E-state index contributed by atoms with van der Waals surface area (Å²) in [5.41, 5.74) is 4.81. The van der Waals surface area contributed by atoms with E-state index in [0.717, 1.165) is 11.3 Å². The molecule has 0 aromatic heterocycles. The molecular weight excluding hydrogens is 242 g/mol. The summed E-state index contributed by atoms with van der Waals surface area (Å²) in [6.07, 6.45) is 0.102. The van der Waals surface area contributed by atoms with Crippen LogP contribution in [0.3, 0.4) is 0 Å². The molecule has 0 aliphatic heterocycles. The van der Waals surface area contributed by atoms with E-state index in [1.807, 2.05) is 37.3 Å². The zero-order chi connectivity index (χ0) is 14.1. The molecule has 1 amide bonds. The highest BCUT2D eigenvalue weighted by atomic mass is 16.5. The van der Waals surface area contributed by atoms with Gasteiger partial charge >= 0.3 is 6.09 Å². The number of aliphatic imine (C=N–C) groups is 1. The van der Waals surface area contributed by atoms with E-state index in [0.29, 0.717) is 18.7 Å². The third kappa shape index (κ3) is 4.54. The van der Waals surface area contributed by atoms with E-state index in [4.69, 9.17) is 4.74 Å². The fourth-order valence-corrected chi connectivity index (χ4v) is 1.60. The van der Waals surface area contributed by atoms with Crippen molar-refractivity contribution in [2.24, 2.45) is 10.1 Å². The van der Waals surface area contributed by atoms with Crippen molar-refractivity contribution >= 4 is 17.5 Å². The first kappa shape index (κ1) is 14.9. The molecule has 0 atom stereocenters. The van der Waals surface area contributed by atoms with Gasteiger partial charge in [0.1, 0.15) is 0 Å². The van der Waals surface area contributed by atoms with Crippen molar-refractivity contribution in [2.75, 3.05) is 13.7 Å². The molecule has 1 aromatic rings. The number of hydrogen-bond acceptors (Lipinski definition) is 4. The van der Waals surface area contributed by atoms with Gasteiger partial charge in [0.05, 0.1) is 18.0 Å². The highest BCUT2D eigenvalue weighted by Crippen LogP contribution is 2.05. The topological polar surface area (TPSA) is 63.0 Å². The molecule has 0 aliphatic carbocycles. The first-order valence-electron chi connectivity index (χ1n) is 6.24. The van der Waals surface area contributed by atoms with Crippen LogP contribution < -0.4 is 5.43 Å². The summed E-state index contributed by atoms with van der Waals surface area (Å²) in [6.45, 7) is 4.02. The van der Waals surface area contributed by atoms with Crippen molar-refractivity contribution in [3.8, 4) is 0 Å². The lowest BCUT2D eigenvalue weighted by Gasteiger charge is -2.08. The highest BCUT2D eigenvalue weighted by Gasteiger charge is 2.10. The Kier molecular flexibility index (Phi) is 6.29. The molecular formula is C14H19N3O2. The van der Waals surface area contributed by atoms with Crippen LogP contribution in [0, 0.1) is 0 Å². The zero-order valence-electron chi connectivity index (χ0n) is 11.5. The summed E-state index contributed by atoms with van der Waals surface area (Å²) < 4.78 is 4.76. The minimum absolute atomic E-state index is 0.316. The van der Waals surface area contributed by atoms with E-state index >= 15 is 0 Å². The van der Waals surface area contributed by atoms with E-state index in [1.165, 1.54) is 0 Å². The number of rotatable bonds is 5. The Morgan fingerprint density at radius 3 is 2.47 bits per heavy atom. The number of hydrogen-bond donors (Lipinski definition) is 1. The molecule has 0 saturated heterocycles. The van der Waals surface area contributed by atoms with Crippen LogP contribution in [0.2, 0.25) is 0 Å². The summed E-state index contributed by atoms with van der Waals surface area (Å²) in [4.78, 5) is 15.5. The minimum atomic E-state index is -0.558. The van der Waals surface area contributed by atoms with Gasteiger partial charge in [0.15, 0.2) is 0 Å². The van der Waals surface area contributed by atoms with Crippen LogP contribution in [-0.2, 0) is 4.74 Å². The van der Waals surface area contributed by atoms with Crippen molar-refractivity contribution in [2.45, 2.75) is 20.3 Å². The Balaban J connectivity index is 2.89. The largest absolute Gasteiger partial charge is 0.449 e. The molecule has 1 aromatic carbocycles. The lowest BCUT2D eigenvalue weighted by atomic mass is 10.0. The maximum atomic E-state index is 11.2. The molecule has 0 radical (unpaired) electrons. The van der Waals surface area contributed by atoms with Gasteiger partial charge in [-0.1, -0.05) is 37.3 Å². The van der Waals surface area contributed by atoms with Gasteiger partial charge < -0.3 is 4.74 Å². The van der Waals surface area contributed by atoms with E-state index < -0.39 is 6.09 Å². The molecule has 0 aliphatic rings. The maximum absolute atomic E-state index is 11.2. The summed E-state index contributed by atoms with van der Waals surface area (Å²) >= 11 is 0. The summed E-state index contributed by atoms with van der Waals surface area (Å²) in [7, 11) is 1.71. The Hall–Kier alpha value is -2.17. The summed E-state index contributed by atoms with van der Waals surface area (Å²) in [6, 6.07) is 9.73. The van der Waals surface area contributed by atoms with Gasteiger partial charge in [0.25, 0.3) is 0 Å². The standard InChI is InChI=1S/C14H19N3O2/c1-4-12(16-17-14(18)19-5-2)13(15-3)11-9-7-6-8-10-11/h6-10H,4-5H2,1-3H3,(H,17,18)/b15-13?,16-12+. The van der Waals surface area contributed by atoms with Crippen LogP contribution in [0.15, 0.2) is 40.4 Å². The van der Waals surface area contributed by atoms with Gasteiger partial charge in [0, 0.05) is 12.6 Å². The Morgan fingerprint density at radius 1 is 1.26 bits per heavy atom. The molecule has 0 fully saturated rings. The number of ether oxygens (including phenoxy) is 1. The van der Waals surface area contributed by atoms with Crippen LogP contribution in [0.5, 0.6) is 0 Å². The Labute approximate surface area is 113 Å². The highest BCUT2D eigenvalue weighted by molar-refractivity contribution is 6.48. The third-order valence-corrected chi connectivity index (χ3v) is 2.44. The monoisotopic (exact) mass is 261 g/mol. The van der Waals surface area contributed by atoms with Crippen LogP contribution in [-0.4, -0.2) is 31.2 Å². The number of benzene rings is 1.